The van der Waals surface area contributed by atoms with Crippen molar-refractivity contribution in [3.8, 4) is 0 Å². The van der Waals surface area contributed by atoms with Crippen LogP contribution in [0, 0.1) is 18.8 Å². The highest BCUT2D eigenvalue weighted by molar-refractivity contribution is 5.96. The van der Waals surface area contributed by atoms with Crippen LogP contribution < -0.4 is 16.0 Å². The molecule has 2 amide bonds. The van der Waals surface area contributed by atoms with Gasteiger partial charge in [-0.25, -0.2) is 0 Å². The third-order valence-corrected chi connectivity index (χ3v) is 4.67. The van der Waals surface area contributed by atoms with Crippen molar-refractivity contribution in [3.63, 3.8) is 0 Å². The molecule has 1 heterocycles. The highest BCUT2D eigenvalue weighted by Gasteiger charge is 2.29. The third-order valence-electron chi connectivity index (χ3n) is 4.67. The lowest BCUT2D eigenvalue weighted by Crippen LogP contribution is -2.16. The predicted octanol–water partition coefficient (Wildman–Crippen LogP) is 2.67. The van der Waals surface area contributed by atoms with Crippen LogP contribution in [0.4, 0.5) is 11.4 Å². The minimum absolute atomic E-state index is 0.0469. The summed E-state index contributed by atoms with van der Waals surface area (Å²) in [7, 11) is 0. The van der Waals surface area contributed by atoms with E-state index in [-0.39, 0.29) is 17.7 Å². The van der Waals surface area contributed by atoms with E-state index in [0.29, 0.717) is 12.3 Å². The smallest absolute Gasteiger partial charge is 0.227 e. The fourth-order valence-corrected chi connectivity index (χ4v) is 2.93. The van der Waals surface area contributed by atoms with Crippen LogP contribution in [0.15, 0.2) is 18.2 Å². The molecule has 1 unspecified atom stereocenters. The van der Waals surface area contributed by atoms with Crippen LogP contribution in [0.3, 0.4) is 0 Å². The van der Waals surface area contributed by atoms with Gasteiger partial charge in [-0.3, -0.25) is 9.59 Å². The van der Waals surface area contributed by atoms with Gasteiger partial charge in [-0.15, -0.1) is 0 Å². The van der Waals surface area contributed by atoms with Gasteiger partial charge in [0.2, 0.25) is 11.8 Å². The topological polar surface area (TPSA) is 70.2 Å². The summed E-state index contributed by atoms with van der Waals surface area (Å²) in [6.07, 6.45) is 4.60. The fraction of sp³-hybridized carbons (Fsp3) is 0.556. The predicted molar refractivity (Wildman–Crippen MR) is 91.4 cm³/mol. The van der Waals surface area contributed by atoms with Gasteiger partial charge in [0, 0.05) is 23.7 Å². The number of nitrogens with one attached hydrogen (secondary N) is 3. The highest BCUT2D eigenvalue weighted by Crippen LogP contribution is 2.31. The molecule has 1 atom stereocenters. The van der Waals surface area contributed by atoms with E-state index in [0.717, 1.165) is 55.7 Å². The molecule has 2 fully saturated rings. The number of amides is 2. The maximum absolute atomic E-state index is 12.2. The molecule has 2 aliphatic rings. The van der Waals surface area contributed by atoms with Crippen molar-refractivity contribution >= 4 is 23.2 Å². The number of carbonyl (C=O) groups excluding carboxylic acids is 2. The fourth-order valence-electron chi connectivity index (χ4n) is 2.93. The molecule has 23 heavy (non-hydrogen) atoms. The summed E-state index contributed by atoms with van der Waals surface area (Å²) in [6, 6.07) is 5.67. The number of carbonyl (C=O) groups is 2. The molecule has 3 N–H and O–H groups in total. The quantitative estimate of drug-likeness (QED) is 0.756. The summed E-state index contributed by atoms with van der Waals surface area (Å²) in [5, 5.41) is 9.23. The first kappa shape index (κ1) is 16.0. The maximum Gasteiger partial charge on any atom is 0.227 e. The van der Waals surface area contributed by atoms with E-state index >= 15 is 0 Å². The van der Waals surface area contributed by atoms with Crippen LogP contribution >= 0.6 is 0 Å². The lowest BCUT2D eigenvalue weighted by molar-refractivity contribution is -0.117. The van der Waals surface area contributed by atoms with Crippen molar-refractivity contribution < 1.29 is 9.59 Å². The van der Waals surface area contributed by atoms with Crippen LogP contribution in [0.25, 0.3) is 0 Å². The largest absolute Gasteiger partial charge is 0.326 e. The Bertz CT molecular complexity index is 590. The van der Waals surface area contributed by atoms with Crippen molar-refractivity contribution in [1.82, 2.24) is 5.32 Å². The van der Waals surface area contributed by atoms with Crippen LogP contribution in [0.1, 0.15) is 37.7 Å². The molecule has 0 radical (unpaired) electrons. The van der Waals surface area contributed by atoms with Gasteiger partial charge < -0.3 is 16.0 Å². The summed E-state index contributed by atoms with van der Waals surface area (Å²) in [4.78, 5) is 24.0. The molecular formula is C18H25N3O2. The number of anilines is 2. The van der Waals surface area contributed by atoms with Gasteiger partial charge in [-0.05, 0) is 69.3 Å². The van der Waals surface area contributed by atoms with Crippen molar-refractivity contribution in [1.29, 1.82) is 0 Å². The number of hydrogen-bond donors (Lipinski definition) is 3. The van der Waals surface area contributed by atoms with E-state index in [4.69, 9.17) is 0 Å². The van der Waals surface area contributed by atoms with Gasteiger partial charge in [-0.1, -0.05) is 6.07 Å². The Kier molecular flexibility index (Phi) is 4.96. The molecule has 1 saturated carbocycles. The Balaban J connectivity index is 1.54. The van der Waals surface area contributed by atoms with Crippen molar-refractivity contribution in [3.05, 3.63) is 23.8 Å². The molecule has 1 aromatic carbocycles. The number of hydrogen-bond acceptors (Lipinski definition) is 3. The summed E-state index contributed by atoms with van der Waals surface area (Å²) >= 11 is 0. The minimum Gasteiger partial charge on any atom is -0.326 e. The van der Waals surface area contributed by atoms with Gasteiger partial charge >= 0.3 is 0 Å². The van der Waals surface area contributed by atoms with Gasteiger partial charge in [-0.2, -0.15) is 0 Å². The van der Waals surface area contributed by atoms with Crippen LogP contribution in [0.2, 0.25) is 0 Å². The Morgan fingerprint density at radius 2 is 2.04 bits per heavy atom. The van der Waals surface area contributed by atoms with Gasteiger partial charge in [0.25, 0.3) is 0 Å². The van der Waals surface area contributed by atoms with E-state index in [1.165, 1.54) is 0 Å². The molecule has 5 heteroatoms. The second-order valence-electron chi connectivity index (χ2n) is 6.74. The molecule has 1 aliphatic heterocycles. The lowest BCUT2D eigenvalue weighted by Gasteiger charge is -2.12. The highest BCUT2D eigenvalue weighted by atomic mass is 16.2. The molecular weight excluding hydrogens is 290 g/mol. The second-order valence-corrected chi connectivity index (χ2v) is 6.74. The molecule has 0 bridgehead atoms. The van der Waals surface area contributed by atoms with Gasteiger partial charge in [0.1, 0.15) is 0 Å². The van der Waals surface area contributed by atoms with Crippen LogP contribution in [-0.4, -0.2) is 24.9 Å². The average molecular weight is 315 g/mol. The average Bonchev–Trinajstić information content (AvgIpc) is 3.25. The minimum atomic E-state index is 0.0469. The first-order valence-electron chi connectivity index (χ1n) is 8.54. The molecule has 5 nitrogen and oxygen atoms in total. The second kappa shape index (κ2) is 7.13. The Labute approximate surface area is 137 Å². The Morgan fingerprint density at radius 3 is 2.74 bits per heavy atom. The molecule has 124 valence electrons. The van der Waals surface area contributed by atoms with E-state index in [1.807, 2.05) is 25.1 Å². The Hall–Kier alpha value is -1.88. The van der Waals surface area contributed by atoms with Crippen LogP contribution in [-0.2, 0) is 9.59 Å². The van der Waals surface area contributed by atoms with Crippen molar-refractivity contribution in [2.75, 3.05) is 23.7 Å². The molecule has 1 aliphatic carbocycles. The summed E-state index contributed by atoms with van der Waals surface area (Å²) in [6.45, 7) is 4.05. The first-order chi connectivity index (χ1) is 11.1. The monoisotopic (exact) mass is 315 g/mol. The third kappa shape index (κ3) is 4.55. The van der Waals surface area contributed by atoms with Gasteiger partial charge in [0.15, 0.2) is 0 Å². The zero-order valence-electron chi connectivity index (χ0n) is 13.7. The number of rotatable bonds is 6. The van der Waals surface area contributed by atoms with Crippen molar-refractivity contribution in [2.45, 2.75) is 39.0 Å². The molecule has 0 spiro atoms. The molecule has 0 aromatic heterocycles. The standard InChI is InChI=1S/C18H25N3O2/c1-12-2-6-15(20-18(23)14-4-5-14)10-16(12)21-17(22)7-3-13-8-9-19-11-13/h2,6,10,13-14,19H,3-5,7-9,11H2,1H3,(H,20,23)(H,21,22). The SMILES string of the molecule is Cc1ccc(NC(=O)C2CC2)cc1NC(=O)CCC1CCNC1. The normalized spacial score (nSPS) is 20.3. The lowest BCUT2D eigenvalue weighted by atomic mass is 10.0. The van der Waals surface area contributed by atoms with Crippen molar-refractivity contribution in [2.24, 2.45) is 11.8 Å². The van der Waals surface area contributed by atoms with Gasteiger partial charge in [0.05, 0.1) is 0 Å². The molecule has 3 rings (SSSR count). The zero-order chi connectivity index (χ0) is 16.2. The number of aryl methyl sites for hydroxylation is 1. The zero-order valence-corrected chi connectivity index (χ0v) is 13.7. The molecule has 1 saturated heterocycles. The van der Waals surface area contributed by atoms with E-state index < -0.39 is 0 Å². The summed E-state index contributed by atoms with van der Waals surface area (Å²) in [5.74, 6) is 0.922. The first-order valence-corrected chi connectivity index (χ1v) is 8.54. The number of benzene rings is 1. The van der Waals surface area contributed by atoms with E-state index in [2.05, 4.69) is 16.0 Å². The molecule has 1 aromatic rings. The van der Waals surface area contributed by atoms with E-state index in [9.17, 15) is 9.59 Å². The van der Waals surface area contributed by atoms with E-state index in [1.54, 1.807) is 0 Å². The van der Waals surface area contributed by atoms with Crippen LogP contribution in [0.5, 0.6) is 0 Å². The summed E-state index contributed by atoms with van der Waals surface area (Å²) in [5.41, 5.74) is 2.54. The maximum atomic E-state index is 12.2. The Morgan fingerprint density at radius 1 is 1.22 bits per heavy atom. The summed E-state index contributed by atoms with van der Waals surface area (Å²) < 4.78 is 0.